The Hall–Kier alpha value is -3.57. The lowest BCUT2D eigenvalue weighted by Gasteiger charge is -2.26. The molecule has 0 saturated heterocycles. The zero-order valence-electron chi connectivity index (χ0n) is 17.1. The van der Waals surface area contributed by atoms with Crippen molar-refractivity contribution >= 4 is 50.6 Å². The summed E-state index contributed by atoms with van der Waals surface area (Å²) >= 11 is 13.8. The summed E-state index contributed by atoms with van der Waals surface area (Å²) in [4.78, 5) is 13.1. The van der Waals surface area contributed by atoms with Crippen LogP contribution in [0.5, 0.6) is 11.5 Å². The zero-order valence-corrected chi connectivity index (χ0v) is 19.5. The number of thiophene rings is 1. The van der Waals surface area contributed by atoms with Gasteiger partial charge < -0.3 is 15.2 Å². The van der Waals surface area contributed by atoms with E-state index in [9.17, 15) is 14.4 Å². The van der Waals surface area contributed by atoms with Crippen molar-refractivity contribution in [3.05, 3.63) is 104 Å². The molecule has 1 aliphatic heterocycles. The number of halogens is 3. The van der Waals surface area contributed by atoms with Crippen molar-refractivity contribution in [2.45, 2.75) is 5.92 Å². The van der Waals surface area contributed by atoms with Crippen LogP contribution in [0, 0.1) is 17.1 Å². The molecule has 0 fully saturated rings. The minimum atomic E-state index is -0.765. The summed E-state index contributed by atoms with van der Waals surface area (Å²) in [7, 11) is 0. The molecular weight excluding hydrogens is 498 g/mol. The number of benzene rings is 3. The third kappa shape index (κ3) is 3.66. The number of nitrogens with two attached hydrogens (primary N) is 1. The first kappa shape index (κ1) is 22.2. The van der Waals surface area contributed by atoms with E-state index in [1.807, 2.05) is 12.1 Å². The topological polar surface area (TPSA) is 85.3 Å². The number of nitriles is 1. The number of hydrogen-bond donors (Lipinski definition) is 1. The maximum atomic E-state index is 14.6. The molecule has 0 amide bonds. The fourth-order valence-electron chi connectivity index (χ4n) is 3.88. The second-order valence-electron chi connectivity index (χ2n) is 7.39. The highest BCUT2D eigenvalue weighted by atomic mass is 35.5. The van der Waals surface area contributed by atoms with E-state index < -0.39 is 17.7 Å². The second-order valence-corrected chi connectivity index (χ2v) is 9.23. The predicted octanol–water partition coefficient (Wildman–Crippen LogP) is 6.78. The van der Waals surface area contributed by atoms with Gasteiger partial charge in [-0.25, -0.2) is 9.18 Å². The fourth-order valence-corrected chi connectivity index (χ4v) is 5.71. The molecule has 0 aliphatic carbocycles. The zero-order chi connectivity index (χ0) is 24.0. The minimum absolute atomic E-state index is 0.0938. The number of carbonyl (C=O) groups is 1. The molecule has 4 aromatic rings. The van der Waals surface area contributed by atoms with Crippen molar-refractivity contribution in [3.63, 3.8) is 0 Å². The average molecular weight is 511 g/mol. The first-order valence-electron chi connectivity index (χ1n) is 9.93. The molecular formula is C25H13Cl2FN2O3S. The molecule has 168 valence electrons. The van der Waals surface area contributed by atoms with E-state index in [2.05, 4.69) is 0 Å². The Morgan fingerprint density at radius 1 is 1.12 bits per heavy atom. The summed E-state index contributed by atoms with van der Waals surface area (Å²) in [6, 6.07) is 18.0. The normalized spacial score (nSPS) is 14.9. The van der Waals surface area contributed by atoms with Gasteiger partial charge in [0.05, 0.1) is 16.0 Å². The Morgan fingerprint density at radius 3 is 2.65 bits per heavy atom. The van der Waals surface area contributed by atoms with Gasteiger partial charge in [0.15, 0.2) is 0 Å². The van der Waals surface area contributed by atoms with Crippen LogP contribution >= 0.6 is 34.5 Å². The largest absolute Gasteiger partial charge is 0.440 e. The number of allylic oxidation sites excluding steroid dienone is 1. The maximum absolute atomic E-state index is 14.6. The quantitative estimate of drug-likeness (QED) is 0.242. The van der Waals surface area contributed by atoms with Crippen LogP contribution in [0.3, 0.4) is 0 Å². The van der Waals surface area contributed by atoms with Gasteiger partial charge in [-0.2, -0.15) is 5.26 Å². The van der Waals surface area contributed by atoms with Crippen molar-refractivity contribution in [1.82, 2.24) is 0 Å². The van der Waals surface area contributed by atoms with Crippen LogP contribution in [0.15, 0.2) is 72.1 Å². The number of esters is 1. The van der Waals surface area contributed by atoms with Crippen LogP contribution in [-0.2, 0) is 0 Å². The SMILES string of the molecule is N#CC1=C(N)Oc2cc(OC(=O)c3sc4cccc(Cl)c4c3Cl)ccc2C1c1ccccc1F. The Labute approximate surface area is 207 Å². The van der Waals surface area contributed by atoms with Crippen LogP contribution in [-0.4, -0.2) is 5.97 Å². The molecule has 5 rings (SSSR count). The number of hydrogen-bond acceptors (Lipinski definition) is 6. The van der Waals surface area contributed by atoms with E-state index in [-0.39, 0.29) is 38.4 Å². The summed E-state index contributed by atoms with van der Waals surface area (Å²) in [6.45, 7) is 0. The molecule has 5 nitrogen and oxygen atoms in total. The monoisotopic (exact) mass is 510 g/mol. The van der Waals surface area contributed by atoms with E-state index in [1.165, 1.54) is 23.5 Å². The van der Waals surface area contributed by atoms with Crippen LogP contribution in [0.4, 0.5) is 4.39 Å². The van der Waals surface area contributed by atoms with E-state index in [0.717, 1.165) is 4.70 Å². The molecule has 9 heteroatoms. The second kappa shape index (κ2) is 8.65. The predicted molar refractivity (Wildman–Crippen MR) is 129 cm³/mol. The van der Waals surface area contributed by atoms with Gasteiger partial charge in [-0.05, 0) is 24.3 Å². The van der Waals surface area contributed by atoms with Gasteiger partial charge in [0.2, 0.25) is 5.88 Å². The van der Waals surface area contributed by atoms with Crippen LogP contribution in [0.1, 0.15) is 26.7 Å². The Balaban J connectivity index is 1.51. The smallest absolute Gasteiger partial charge is 0.355 e. The van der Waals surface area contributed by atoms with Crippen LogP contribution in [0.25, 0.3) is 10.1 Å². The molecule has 0 bridgehead atoms. The lowest BCUT2D eigenvalue weighted by molar-refractivity contribution is 0.0740. The Kier molecular flexibility index (Phi) is 5.66. The van der Waals surface area contributed by atoms with Gasteiger partial charge in [-0.15, -0.1) is 11.3 Å². The molecule has 0 radical (unpaired) electrons. The first-order chi connectivity index (χ1) is 16.4. The third-order valence-corrected chi connectivity index (χ3v) is 7.35. The molecule has 3 aromatic carbocycles. The molecule has 1 aliphatic rings. The highest BCUT2D eigenvalue weighted by Crippen LogP contribution is 2.44. The summed E-state index contributed by atoms with van der Waals surface area (Å²) in [5, 5.41) is 10.9. The highest BCUT2D eigenvalue weighted by molar-refractivity contribution is 7.21. The van der Waals surface area contributed by atoms with E-state index >= 15 is 0 Å². The summed E-state index contributed by atoms with van der Waals surface area (Å²) in [5.41, 5.74) is 6.87. The van der Waals surface area contributed by atoms with Gasteiger partial charge >= 0.3 is 5.97 Å². The summed E-state index contributed by atoms with van der Waals surface area (Å²) in [5.74, 6) is -1.63. The van der Waals surface area contributed by atoms with E-state index in [1.54, 1.807) is 42.5 Å². The molecule has 2 N–H and O–H groups in total. The van der Waals surface area contributed by atoms with Gasteiger partial charge in [0, 0.05) is 27.3 Å². The number of carbonyl (C=O) groups excluding carboxylic acids is 1. The lowest BCUT2D eigenvalue weighted by atomic mass is 9.83. The van der Waals surface area contributed by atoms with Gasteiger partial charge in [-0.3, -0.25) is 0 Å². The average Bonchev–Trinajstić information content (AvgIpc) is 3.16. The van der Waals surface area contributed by atoms with Crippen molar-refractivity contribution in [2.75, 3.05) is 0 Å². The van der Waals surface area contributed by atoms with Crippen molar-refractivity contribution in [3.8, 4) is 17.6 Å². The molecule has 0 saturated carbocycles. The van der Waals surface area contributed by atoms with Gasteiger partial charge in [0.1, 0.15) is 33.8 Å². The molecule has 2 heterocycles. The number of rotatable bonds is 3. The van der Waals surface area contributed by atoms with Crippen molar-refractivity contribution in [1.29, 1.82) is 5.26 Å². The van der Waals surface area contributed by atoms with Crippen molar-refractivity contribution in [2.24, 2.45) is 5.73 Å². The van der Waals surface area contributed by atoms with Crippen molar-refractivity contribution < 1.29 is 18.7 Å². The molecule has 0 spiro atoms. The van der Waals surface area contributed by atoms with Crippen LogP contribution < -0.4 is 15.2 Å². The Morgan fingerprint density at radius 2 is 1.91 bits per heavy atom. The fraction of sp³-hybridized carbons (Fsp3) is 0.0400. The van der Waals surface area contributed by atoms with Gasteiger partial charge in [0.25, 0.3) is 0 Å². The summed E-state index contributed by atoms with van der Waals surface area (Å²) in [6.07, 6.45) is 0. The maximum Gasteiger partial charge on any atom is 0.355 e. The Bertz CT molecular complexity index is 1560. The van der Waals surface area contributed by atoms with E-state index in [4.69, 9.17) is 38.4 Å². The molecule has 34 heavy (non-hydrogen) atoms. The third-order valence-electron chi connectivity index (χ3n) is 5.41. The first-order valence-corrected chi connectivity index (χ1v) is 11.5. The summed E-state index contributed by atoms with van der Waals surface area (Å²) < 4.78 is 26.5. The standard InChI is InChI=1S/C25H13Cl2FN2O3S/c26-16-5-3-7-19-21(16)22(27)23(34-19)25(31)32-12-8-9-14-18(10-12)33-24(30)15(11-29)20(14)13-4-1-2-6-17(13)28/h1-10,20H,30H2. The molecule has 1 aromatic heterocycles. The molecule has 1 atom stereocenters. The van der Waals surface area contributed by atoms with Crippen LogP contribution in [0.2, 0.25) is 10.0 Å². The number of nitrogens with zero attached hydrogens (tertiary/aromatic N) is 1. The van der Waals surface area contributed by atoms with E-state index in [0.29, 0.717) is 16.0 Å². The number of fused-ring (bicyclic) bond motifs is 2. The van der Waals surface area contributed by atoms with Gasteiger partial charge in [-0.1, -0.05) is 53.5 Å². The minimum Gasteiger partial charge on any atom is -0.440 e. The number of ether oxygens (including phenoxy) is 2. The highest BCUT2D eigenvalue weighted by Gasteiger charge is 2.33. The lowest BCUT2D eigenvalue weighted by Crippen LogP contribution is -2.21. The molecule has 1 unspecified atom stereocenters.